The maximum absolute atomic E-state index is 12.6. The zero-order chi connectivity index (χ0) is 40.9. The summed E-state index contributed by atoms with van der Waals surface area (Å²) in [6, 6.07) is 29.1. The van der Waals surface area contributed by atoms with Crippen LogP contribution in [0, 0.1) is 0 Å². The molecule has 8 nitrogen and oxygen atoms in total. The molecular formula is C50H64N2O6. The van der Waals surface area contributed by atoms with Crippen LogP contribution < -0.4 is 18.9 Å². The van der Waals surface area contributed by atoms with Crippen LogP contribution in [0.4, 0.5) is 0 Å². The summed E-state index contributed by atoms with van der Waals surface area (Å²) in [5.74, 6) is 1.75. The molecule has 0 aliphatic heterocycles. The van der Waals surface area contributed by atoms with Crippen molar-refractivity contribution >= 4 is 24.4 Å². The van der Waals surface area contributed by atoms with Gasteiger partial charge in [-0.15, -0.1) is 0 Å². The van der Waals surface area contributed by atoms with E-state index < -0.39 is 11.9 Å². The fourth-order valence-corrected chi connectivity index (χ4v) is 6.19. The third-order valence-corrected chi connectivity index (χ3v) is 9.70. The number of aliphatic imine (C=N–C) groups is 2. The van der Waals surface area contributed by atoms with Crippen LogP contribution in [0.5, 0.6) is 23.0 Å². The Balaban J connectivity index is 0.997. The minimum absolute atomic E-state index is 0.392. The molecule has 0 saturated carbocycles. The van der Waals surface area contributed by atoms with Crippen molar-refractivity contribution in [3.05, 3.63) is 119 Å². The van der Waals surface area contributed by atoms with E-state index in [-0.39, 0.29) is 0 Å². The van der Waals surface area contributed by atoms with Crippen LogP contribution in [0.1, 0.15) is 148 Å². The van der Waals surface area contributed by atoms with Crippen LogP contribution in [0.25, 0.3) is 0 Å². The standard InChI is InChI=1S/C50H64N2O6/c1-3-5-7-13-17-37-55-45-31-23-43(24-32-45)49(53)57-47-27-19-41(20-28-47)39-51-35-15-11-9-10-12-16-36-52-40-42-21-29-48(30-22-42)58-50(54)44-25-33-46(34-26-44)56-38-18-14-8-6-4-2/h19-34,39-40H,3-18,35-38H2,1-2H3. The normalized spacial score (nSPS) is 11.3. The maximum atomic E-state index is 12.6. The number of hydrogen-bond donors (Lipinski definition) is 0. The van der Waals surface area contributed by atoms with Gasteiger partial charge in [-0.1, -0.05) is 90.9 Å². The van der Waals surface area contributed by atoms with Gasteiger partial charge in [-0.25, -0.2) is 9.59 Å². The molecule has 0 radical (unpaired) electrons. The molecule has 0 bridgehead atoms. The van der Waals surface area contributed by atoms with Crippen LogP contribution in [-0.2, 0) is 0 Å². The number of carbonyl (C=O) groups excluding carboxylic acids is 2. The zero-order valence-corrected chi connectivity index (χ0v) is 34.9. The van der Waals surface area contributed by atoms with Crippen molar-refractivity contribution in [2.75, 3.05) is 26.3 Å². The first-order valence-corrected chi connectivity index (χ1v) is 21.6. The third-order valence-electron chi connectivity index (χ3n) is 9.70. The van der Waals surface area contributed by atoms with Crippen LogP contribution in [-0.4, -0.2) is 50.7 Å². The molecule has 310 valence electrons. The number of ether oxygens (including phenoxy) is 4. The molecule has 8 heteroatoms. The first-order valence-electron chi connectivity index (χ1n) is 21.6. The average Bonchev–Trinajstić information content (AvgIpc) is 3.25. The molecule has 0 N–H and O–H groups in total. The molecule has 4 aromatic carbocycles. The van der Waals surface area contributed by atoms with Crippen LogP contribution in [0.2, 0.25) is 0 Å². The smallest absolute Gasteiger partial charge is 0.343 e. The SMILES string of the molecule is CCCCCCCOc1ccc(C(=O)Oc2ccc(C=NCCCCCCCCN=Cc3ccc(OC(=O)c4ccc(OCCCCCCC)cc4)cc3)cc2)cc1. The number of carbonyl (C=O) groups is 2. The fraction of sp³-hybridized carbons (Fsp3) is 0.440. The second kappa shape index (κ2) is 28.2. The van der Waals surface area contributed by atoms with Gasteiger partial charge in [-0.3, -0.25) is 9.98 Å². The van der Waals surface area contributed by atoms with E-state index >= 15 is 0 Å². The lowest BCUT2D eigenvalue weighted by Gasteiger charge is -2.08. The van der Waals surface area contributed by atoms with Crippen molar-refractivity contribution in [2.45, 2.75) is 117 Å². The van der Waals surface area contributed by atoms with Crippen LogP contribution in [0.15, 0.2) is 107 Å². The van der Waals surface area contributed by atoms with Gasteiger partial charge in [0.2, 0.25) is 0 Å². The topological polar surface area (TPSA) is 95.8 Å². The molecule has 0 atom stereocenters. The number of esters is 2. The van der Waals surface area contributed by atoms with E-state index in [9.17, 15) is 9.59 Å². The van der Waals surface area contributed by atoms with Crippen LogP contribution >= 0.6 is 0 Å². The summed E-state index contributed by atoms with van der Waals surface area (Å²) in [5.41, 5.74) is 2.93. The molecule has 0 heterocycles. The minimum atomic E-state index is -0.392. The van der Waals surface area contributed by atoms with Gasteiger partial charge < -0.3 is 18.9 Å². The molecular weight excluding hydrogens is 725 g/mol. The predicted octanol–water partition coefficient (Wildman–Crippen LogP) is 12.7. The lowest BCUT2D eigenvalue weighted by atomic mass is 10.1. The maximum Gasteiger partial charge on any atom is 0.343 e. The van der Waals surface area contributed by atoms with Gasteiger partial charge in [0, 0.05) is 25.5 Å². The Bertz CT molecular complexity index is 1630. The molecule has 0 unspecified atom stereocenters. The summed E-state index contributed by atoms with van der Waals surface area (Å²) < 4.78 is 22.7. The molecule has 0 aliphatic carbocycles. The molecule has 0 saturated heterocycles. The number of hydrogen-bond acceptors (Lipinski definition) is 8. The zero-order valence-electron chi connectivity index (χ0n) is 34.9. The van der Waals surface area contributed by atoms with E-state index in [4.69, 9.17) is 18.9 Å². The van der Waals surface area contributed by atoms with Crippen molar-refractivity contribution in [3.63, 3.8) is 0 Å². The van der Waals surface area contributed by atoms with Crippen LogP contribution in [0.3, 0.4) is 0 Å². The highest BCUT2D eigenvalue weighted by Crippen LogP contribution is 2.19. The van der Waals surface area contributed by atoms with Gasteiger partial charge >= 0.3 is 11.9 Å². The summed E-state index contributed by atoms with van der Waals surface area (Å²) in [6.07, 6.45) is 22.5. The Kier molecular flexibility index (Phi) is 22.1. The Morgan fingerprint density at radius 3 is 1.12 bits per heavy atom. The lowest BCUT2D eigenvalue weighted by molar-refractivity contribution is 0.0725. The first-order chi connectivity index (χ1) is 28.5. The highest BCUT2D eigenvalue weighted by atomic mass is 16.5. The van der Waals surface area contributed by atoms with Crippen molar-refractivity contribution in [2.24, 2.45) is 9.98 Å². The van der Waals surface area contributed by atoms with E-state index in [0.29, 0.717) is 35.8 Å². The summed E-state index contributed by atoms with van der Waals surface area (Å²) in [4.78, 5) is 34.4. The number of rotatable bonds is 29. The summed E-state index contributed by atoms with van der Waals surface area (Å²) in [6.45, 7) is 7.39. The van der Waals surface area contributed by atoms with E-state index in [1.165, 1.54) is 64.2 Å². The molecule has 0 aromatic heterocycles. The van der Waals surface area contributed by atoms with E-state index in [2.05, 4.69) is 23.8 Å². The molecule has 0 fully saturated rings. The van der Waals surface area contributed by atoms with Gasteiger partial charge in [0.15, 0.2) is 0 Å². The van der Waals surface area contributed by atoms with Crippen molar-refractivity contribution in [1.29, 1.82) is 0 Å². The molecule has 0 aliphatic rings. The van der Waals surface area contributed by atoms with Gasteiger partial charge in [-0.05, 0) is 134 Å². The van der Waals surface area contributed by atoms with Gasteiger partial charge in [-0.2, -0.15) is 0 Å². The second-order valence-electron chi connectivity index (χ2n) is 14.7. The molecule has 0 spiro atoms. The van der Waals surface area contributed by atoms with Gasteiger partial charge in [0.05, 0.1) is 24.3 Å². The third kappa shape index (κ3) is 18.8. The summed E-state index contributed by atoms with van der Waals surface area (Å²) in [7, 11) is 0. The first kappa shape index (κ1) is 45.5. The highest BCUT2D eigenvalue weighted by Gasteiger charge is 2.10. The van der Waals surface area contributed by atoms with Gasteiger partial charge in [0.25, 0.3) is 0 Å². The quantitative estimate of drug-likeness (QED) is 0.0235. The highest BCUT2D eigenvalue weighted by molar-refractivity contribution is 5.92. The number of nitrogens with zero attached hydrogens (tertiary/aromatic N) is 2. The lowest BCUT2D eigenvalue weighted by Crippen LogP contribution is -2.08. The largest absolute Gasteiger partial charge is 0.494 e. The molecule has 4 aromatic rings. The van der Waals surface area contributed by atoms with E-state index in [1.54, 1.807) is 48.5 Å². The van der Waals surface area contributed by atoms with Crippen molar-refractivity contribution in [3.8, 4) is 23.0 Å². The van der Waals surface area contributed by atoms with E-state index in [0.717, 1.165) is 74.2 Å². The molecule has 58 heavy (non-hydrogen) atoms. The number of unbranched alkanes of at least 4 members (excludes halogenated alkanes) is 13. The number of benzene rings is 4. The molecule has 0 amide bonds. The van der Waals surface area contributed by atoms with Gasteiger partial charge in [0.1, 0.15) is 23.0 Å². The Labute approximate surface area is 347 Å². The Morgan fingerprint density at radius 1 is 0.414 bits per heavy atom. The minimum Gasteiger partial charge on any atom is -0.494 e. The average molecular weight is 789 g/mol. The Morgan fingerprint density at radius 2 is 0.741 bits per heavy atom. The molecule has 4 rings (SSSR count). The Hall–Kier alpha value is -5.24. The van der Waals surface area contributed by atoms with Crippen molar-refractivity contribution < 1.29 is 28.5 Å². The monoisotopic (exact) mass is 788 g/mol. The second-order valence-corrected chi connectivity index (χ2v) is 14.7. The fourth-order valence-electron chi connectivity index (χ4n) is 6.19. The summed E-state index contributed by atoms with van der Waals surface area (Å²) >= 11 is 0. The van der Waals surface area contributed by atoms with Crippen molar-refractivity contribution in [1.82, 2.24) is 0 Å². The predicted molar refractivity (Wildman–Crippen MR) is 237 cm³/mol. The summed E-state index contributed by atoms with van der Waals surface area (Å²) in [5, 5.41) is 0. The van der Waals surface area contributed by atoms with E-state index in [1.807, 2.05) is 61.0 Å².